The van der Waals surface area contributed by atoms with Crippen molar-refractivity contribution in [1.82, 2.24) is 4.90 Å². The molecule has 152 valence electrons. The number of terminal acetylenes is 1. The fraction of sp³-hybridized carbons (Fsp3) is 0.217. The van der Waals surface area contributed by atoms with E-state index in [-0.39, 0.29) is 18.1 Å². The highest BCUT2D eigenvalue weighted by atomic mass is 79.9. The van der Waals surface area contributed by atoms with Crippen LogP contribution in [0.4, 0.5) is 5.69 Å². The number of benzene rings is 2. The molecule has 7 heteroatoms. The molecule has 5 nitrogen and oxygen atoms in total. The van der Waals surface area contributed by atoms with Crippen molar-refractivity contribution in [3.05, 3.63) is 62.5 Å². The monoisotopic (exact) mass is 527 g/mol. The van der Waals surface area contributed by atoms with Crippen molar-refractivity contribution in [2.24, 2.45) is 0 Å². The van der Waals surface area contributed by atoms with Crippen molar-refractivity contribution in [1.29, 1.82) is 5.26 Å². The lowest BCUT2D eigenvalue weighted by atomic mass is 10.1. The molecule has 1 aliphatic rings. The zero-order chi connectivity index (χ0) is 21.5. The number of halogens is 2. The van der Waals surface area contributed by atoms with Gasteiger partial charge in [0.2, 0.25) is 0 Å². The molecule has 1 aliphatic heterocycles. The highest BCUT2D eigenvalue weighted by Gasteiger charge is 2.24. The molecule has 0 N–H and O–H groups in total. The van der Waals surface area contributed by atoms with Crippen LogP contribution in [0.5, 0.6) is 5.75 Å². The first-order valence-electron chi connectivity index (χ1n) is 9.30. The predicted molar refractivity (Wildman–Crippen MR) is 125 cm³/mol. The zero-order valence-corrected chi connectivity index (χ0v) is 19.3. The molecule has 0 atom stereocenters. The maximum Gasteiger partial charge on any atom is 0.264 e. The lowest BCUT2D eigenvalue weighted by Crippen LogP contribution is -2.49. The Bertz CT molecular complexity index is 1010. The van der Waals surface area contributed by atoms with Gasteiger partial charge in [-0.1, -0.05) is 24.1 Å². The van der Waals surface area contributed by atoms with Crippen molar-refractivity contribution in [2.75, 3.05) is 37.7 Å². The van der Waals surface area contributed by atoms with Crippen LogP contribution in [0.15, 0.2) is 57.0 Å². The number of ether oxygens (including phenoxy) is 1. The molecule has 1 amide bonds. The lowest BCUT2D eigenvalue weighted by molar-refractivity contribution is -0.126. The largest absolute Gasteiger partial charge is 0.479 e. The Morgan fingerprint density at radius 3 is 2.33 bits per heavy atom. The first kappa shape index (κ1) is 22.0. The van der Waals surface area contributed by atoms with Gasteiger partial charge in [0.15, 0.2) is 0 Å². The number of amides is 1. The summed E-state index contributed by atoms with van der Waals surface area (Å²) in [6.45, 7) is 2.74. The standard InChI is InChI=1S/C23H19Br2N3O2/c1-2-12-30-22-20(24)14-17(15-21(22)25)13-18(16-26)23(29)28-10-8-27(9-11-28)19-6-4-3-5-7-19/h1,3-7,13-15H,8-12H2/b18-13-. The molecule has 0 aliphatic carbocycles. The van der Waals surface area contributed by atoms with Gasteiger partial charge in [0.1, 0.15) is 24.0 Å². The number of hydrogen-bond acceptors (Lipinski definition) is 4. The SMILES string of the molecule is C#CCOc1c(Br)cc(/C=C(/C#N)C(=O)N2CCN(c3ccccc3)CC2)cc1Br. The minimum atomic E-state index is -0.259. The summed E-state index contributed by atoms with van der Waals surface area (Å²) in [5.41, 5.74) is 1.94. The Morgan fingerprint density at radius 2 is 1.77 bits per heavy atom. The molecule has 1 fully saturated rings. The third-order valence-electron chi connectivity index (χ3n) is 4.67. The van der Waals surface area contributed by atoms with Crippen LogP contribution in [0.2, 0.25) is 0 Å². The summed E-state index contributed by atoms with van der Waals surface area (Å²) in [7, 11) is 0. The number of para-hydroxylation sites is 1. The van der Waals surface area contributed by atoms with Gasteiger partial charge in [0.25, 0.3) is 5.91 Å². The molecule has 0 spiro atoms. The van der Waals surface area contributed by atoms with Gasteiger partial charge in [-0.05, 0) is 67.8 Å². The van der Waals surface area contributed by atoms with Crippen LogP contribution in [0.25, 0.3) is 6.08 Å². The number of carbonyl (C=O) groups is 1. The molecule has 3 rings (SSSR count). The molecular formula is C23H19Br2N3O2. The van der Waals surface area contributed by atoms with Gasteiger partial charge in [-0.25, -0.2) is 0 Å². The van der Waals surface area contributed by atoms with Crippen LogP contribution in [0, 0.1) is 23.7 Å². The van der Waals surface area contributed by atoms with Crippen molar-refractivity contribution in [3.8, 4) is 24.2 Å². The van der Waals surface area contributed by atoms with Crippen LogP contribution < -0.4 is 9.64 Å². The second-order valence-electron chi connectivity index (χ2n) is 6.59. The van der Waals surface area contributed by atoms with E-state index in [1.165, 1.54) is 0 Å². The Balaban J connectivity index is 1.72. The van der Waals surface area contributed by atoms with E-state index in [1.54, 1.807) is 23.1 Å². The molecule has 0 radical (unpaired) electrons. The van der Waals surface area contributed by atoms with Crippen LogP contribution in [0.3, 0.4) is 0 Å². The molecule has 0 unspecified atom stereocenters. The molecule has 2 aromatic carbocycles. The summed E-state index contributed by atoms with van der Waals surface area (Å²) >= 11 is 6.89. The first-order valence-corrected chi connectivity index (χ1v) is 10.9. The molecule has 0 aromatic heterocycles. The molecule has 0 saturated carbocycles. The molecule has 1 heterocycles. The second kappa shape index (κ2) is 10.3. The Hall–Kier alpha value is -2.74. The Labute approximate surface area is 193 Å². The van der Waals surface area contributed by atoms with Crippen LogP contribution in [-0.2, 0) is 4.79 Å². The summed E-state index contributed by atoms with van der Waals surface area (Å²) < 4.78 is 6.86. The molecule has 2 aromatic rings. The maximum atomic E-state index is 12.9. The van der Waals surface area contributed by atoms with Gasteiger partial charge in [-0.3, -0.25) is 4.79 Å². The third kappa shape index (κ3) is 5.24. The maximum absolute atomic E-state index is 12.9. The number of nitriles is 1. The van der Waals surface area contributed by atoms with E-state index in [1.807, 2.05) is 24.3 Å². The first-order chi connectivity index (χ1) is 14.5. The molecule has 0 bridgehead atoms. The van der Waals surface area contributed by atoms with E-state index in [0.29, 0.717) is 33.3 Å². The van der Waals surface area contributed by atoms with Gasteiger partial charge in [-0.2, -0.15) is 5.26 Å². The van der Waals surface area contributed by atoms with Crippen molar-refractivity contribution >= 4 is 49.5 Å². The number of anilines is 1. The van der Waals surface area contributed by atoms with E-state index in [2.05, 4.69) is 54.8 Å². The van der Waals surface area contributed by atoms with E-state index in [9.17, 15) is 10.1 Å². The average molecular weight is 529 g/mol. The summed E-state index contributed by atoms with van der Waals surface area (Å²) in [6.07, 6.45) is 6.83. The van der Waals surface area contributed by atoms with E-state index in [0.717, 1.165) is 18.8 Å². The van der Waals surface area contributed by atoms with E-state index in [4.69, 9.17) is 11.2 Å². The number of rotatable bonds is 5. The number of piperazine rings is 1. The van der Waals surface area contributed by atoms with E-state index < -0.39 is 0 Å². The quantitative estimate of drug-likeness (QED) is 0.326. The predicted octanol–water partition coefficient (Wildman–Crippen LogP) is 4.48. The normalized spacial score (nSPS) is 14.1. The molecule has 1 saturated heterocycles. The van der Waals surface area contributed by atoms with Gasteiger partial charge in [0.05, 0.1) is 8.95 Å². The number of carbonyl (C=O) groups excluding carboxylic acids is 1. The number of hydrogen-bond donors (Lipinski definition) is 0. The summed E-state index contributed by atoms with van der Waals surface area (Å²) in [6, 6.07) is 15.7. The second-order valence-corrected chi connectivity index (χ2v) is 8.30. The summed E-state index contributed by atoms with van der Waals surface area (Å²) in [5, 5.41) is 9.58. The number of nitrogens with zero attached hydrogens (tertiary/aromatic N) is 3. The van der Waals surface area contributed by atoms with Gasteiger partial charge >= 0.3 is 0 Å². The molecule has 30 heavy (non-hydrogen) atoms. The summed E-state index contributed by atoms with van der Waals surface area (Å²) in [5.74, 6) is 2.74. The van der Waals surface area contributed by atoms with Crippen LogP contribution in [-0.4, -0.2) is 43.6 Å². The Kier molecular flexibility index (Phi) is 7.57. The summed E-state index contributed by atoms with van der Waals surface area (Å²) in [4.78, 5) is 16.9. The van der Waals surface area contributed by atoms with Gasteiger partial charge in [-0.15, -0.1) is 6.42 Å². The fourth-order valence-corrected chi connectivity index (χ4v) is 4.65. The smallest absolute Gasteiger partial charge is 0.264 e. The van der Waals surface area contributed by atoms with Gasteiger partial charge in [0, 0.05) is 31.9 Å². The minimum Gasteiger partial charge on any atom is -0.479 e. The van der Waals surface area contributed by atoms with Crippen LogP contribution in [0.1, 0.15) is 5.56 Å². The Morgan fingerprint density at radius 1 is 1.13 bits per heavy atom. The zero-order valence-electron chi connectivity index (χ0n) is 16.1. The fourth-order valence-electron chi connectivity index (χ4n) is 3.20. The van der Waals surface area contributed by atoms with Crippen LogP contribution >= 0.6 is 31.9 Å². The third-order valence-corrected chi connectivity index (χ3v) is 5.85. The highest BCUT2D eigenvalue weighted by Crippen LogP contribution is 2.35. The van der Waals surface area contributed by atoms with Crippen molar-refractivity contribution in [3.63, 3.8) is 0 Å². The van der Waals surface area contributed by atoms with Gasteiger partial charge < -0.3 is 14.5 Å². The van der Waals surface area contributed by atoms with E-state index >= 15 is 0 Å². The van der Waals surface area contributed by atoms with Crippen molar-refractivity contribution < 1.29 is 9.53 Å². The minimum absolute atomic E-state index is 0.0965. The van der Waals surface area contributed by atoms with Crippen molar-refractivity contribution in [2.45, 2.75) is 0 Å². The average Bonchev–Trinajstić information content (AvgIpc) is 2.77. The molecular weight excluding hydrogens is 510 g/mol. The lowest BCUT2D eigenvalue weighted by Gasteiger charge is -2.36. The highest BCUT2D eigenvalue weighted by molar-refractivity contribution is 9.11. The topological polar surface area (TPSA) is 56.6 Å².